The van der Waals surface area contributed by atoms with E-state index in [2.05, 4.69) is 5.32 Å². The fraction of sp³-hybridized carbons (Fsp3) is 0.500. The number of nitrogens with one attached hydrogen (secondary N) is 2. The van der Waals surface area contributed by atoms with Crippen LogP contribution in [0.25, 0.3) is 0 Å². The summed E-state index contributed by atoms with van der Waals surface area (Å²) in [5.74, 6) is -1.17. The van der Waals surface area contributed by atoms with Crippen LogP contribution in [0.1, 0.15) is 39.2 Å². The number of rotatable bonds is 9. The van der Waals surface area contributed by atoms with Gasteiger partial charge in [-0.25, -0.2) is 4.79 Å². The summed E-state index contributed by atoms with van der Waals surface area (Å²) < 4.78 is 10.1. The Morgan fingerprint density at radius 3 is 2.28 bits per heavy atom. The molecule has 1 aromatic rings. The number of ether oxygens (including phenoxy) is 2. The highest BCUT2D eigenvalue weighted by molar-refractivity contribution is 5.92. The zero-order valence-electron chi connectivity index (χ0n) is 17.1. The number of nitrogens with zero attached hydrogens (tertiary/aromatic N) is 1. The van der Waals surface area contributed by atoms with Gasteiger partial charge < -0.3 is 14.3 Å². The number of guanidine groups is 1. The maximum absolute atomic E-state index is 11.7. The van der Waals surface area contributed by atoms with Gasteiger partial charge in [0.15, 0.2) is 0 Å². The van der Waals surface area contributed by atoms with Crippen LogP contribution in [0.4, 0.5) is 4.79 Å². The molecule has 0 spiro atoms. The smallest absolute Gasteiger partial charge is 0.414 e. The van der Waals surface area contributed by atoms with Gasteiger partial charge >= 0.3 is 18.0 Å². The first kappa shape index (κ1) is 23.9. The molecule has 1 rings (SSSR count). The molecule has 0 radical (unpaired) electrons. The Labute approximate surface area is 170 Å². The Bertz CT molecular complexity index is 678. The van der Waals surface area contributed by atoms with E-state index in [1.165, 1.54) is 6.92 Å². The first-order chi connectivity index (χ1) is 13.8. The second kappa shape index (κ2) is 13.1. The van der Waals surface area contributed by atoms with Crippen LogP contribution in [0, 0.1) is 11.3 Å². The first-order valence-electron chi connectivity index (χ1n) is 9.46. The summed E-state index contributed by atoms with van der Waals surface area (Å²) in [5, 5.41) is 11.0. The molecular weight excluding hydrogens is 378 g/mol. The summed E-state index contributed by atoms with van der Waals surface area (Å²) >= 11 is 0. The number of alkyl carbamates (subject to hydrolysis) is 1. The van der Waals surface area contributed by atoms with Crippen molar-refractivity contribution >= 4 is 24.0 Å². The number of esters is 1. The van der Waals surface area contributed by atoms with Gasteiger partial charge in [-0.05, 0) is 24.3 Å². The van der Waals surface area contributed by atoms with E-state index in [1.54, 1.807) is 0 Å². The summed E-state index contributed by atoms with van der Waals surface area (Å²) in [5.41, 5.74) is 0.889. The van der Waals surface area contributed by atoms with Crippen LogP contribution in [-0.2, 0) is 30.3 Å². The van der Waals surface area contributed by atoms with Crippen LogP contribution in [0.2, 0.25) is 0 Å². The molecular formula is C20H29N3O6. The molecule has 0 aliphatic rings. The monoisotopic (exact) mass is 407 g/mol. The van der Waals surface area contributed by atoms with Crippen LogP contribution in [0.3, 0.4) is 0 Å². The van der Waals surface area contributed by atoms with Gasteiger partial charge in [0, 0.05) is 6.92 Å². The molecule has 0 saturated carbocycles. The molecule has 9 nitrogen and oxygen atoms in total. The summed E-state index contributed by atoms with van der Waals surface area (Å²) in [6.07, 6.45) is 0.436. The molecule has 0 bridgehead atoms. The van der Waals surface area contributed by atoms with Gasteiger partial charge in [0.05, 0.1) is 26.2 Å². The molecule has 0 aromatic heterocycles. The third-order valence-electron chi connectivity index (χ3n) is 3.47. The van der Waals surface area contributed by atoms with Crippen molar-refractivity contribution in [1.29, 1.82) is 5.41 Å². The maximum atomic E-state index is 11.7. The minimum Gasteiger partial charge on any atom is -0.465 e. The number of carbonyl (C=O) groups is 3. The molecule has 1 aromatic carbocycles. The lowest BCUT2D eigenvalue weighted by Gasteiger charge is -2.24. The third kappa shape index (κ3) is 11.4. The highest BCUT2D eigenvalue weighted by Crippen LogP contribution is 2.02. The number of hydrogen-bond donors (Lipinski definition) is 2. The molecule has 0 saturated heterocycles. The highest BCUT2D eigenvalue weighted by Gasteiger charge is 2.18. The van der Waals surface area contributed by atoms with Gasteiger partial charge in [-0.3, -0.25) is 20.3 Å². The van der Waals surface area contributed by atoms with E-state index in [9.17, 15) is 14.4 Å². The topological polar surface area (TPSA) is 118 Å². The number of unbranched alkanes of at least 4 members (excludes halogenated alkanes) is 1. The van der Waals surface area contributed by atoms with E-state index in [4.69, 9.17) is 19.7 Å². The number of carbonyl (C=O) groups excluding carboxylic acids is 3. The van der Waals surface area contributed by atoms with Crippen LogP contribution in [0.5, 0.6) is 0 Å². The van der Waals surface area contributed by atoms with Crippen LogP contribution in [-0.4, -0.2) is 48.8 Å². The van der Waals surface area contributed by atoms with Gasteiger partial charge in [0.1, 0.15) is 0 Å². The summed E-state index contributed by atoms with van der Waals surface area (Å²) in [6.45, 7) is 5.58. The van der Waals surface area contributed by atoms with Gasteiger partial charge in [0.2, 0.25) is 5.96 Å². The Morgan fingerprint density at radius 1 is 1.07 bits per heavy atom. The van der Waals surface area contributed by atoms with Gasteiger partial charge in [-0.15, -0.1) is 0 Å². The lowest BCUT2D eigenvalue weighted by molar-refractivity contribution is -0.172. The Balaban J connectivity index is 2.18. The summed E-state index contributed by atoms with van der Waals surface area (Å²) in [4.78, 5) is 39.5. The molecule has 29 heavy (non-hydrogen) atoms. The van der Waals surface area contributed by atoms with Crippen LogP contribution >= 0.6 is 0 Å². The normalized spacial score (nSPS) is 10.2. The van der Waals surface area contributed by atoms with E-state index < -0.39 is 12.1 Å². The standard InChI is InChI=1S/C20H29N3O6/c1-15(2)14-23(29-16(3)24)19(21)22-20(26)28-12-8-7-11-27-18(25)13-17-9-5-4-6-10-17/h4-6,9-10,15H,7-8,11-14H2,1-3H3,(H2,21,22,26). The first-order valence-corrected chi connectivity index (χ1v) is 9.46. The van der Waals surface area contributed by atoms with Crippen molar-refractivity contribution in [3.05, 3.63) is 35.9 Å². The third-order valence-corrected chi connectivity index (χ3v) is 3.47. The Hall–Kier alpha value is -3.10. The predicted molar refractivity (Wildman–Crippen MR) is 106 cm³/mol. The molecule has 0 atom stereocenters. The molecule has 0 unspecified atom stereocenters. The van der Waals surface area contributed by atoms with E-state index in [-0.39, 0.29) is 44.0 Å². The average molecular weight is 407 g/mol. The van der Waals surface area contributed by atoms with Gasteiger partial charge in [0.25, 0.3) is 0 Å². The molecule has 0 heterocycles. The predicted octanol–water partition coefficient (Wildman–Crippen LogP) is 2.65. The summed E-state index contributed by atoms with van der Waals surface area (Å²) in [6, 6.07) is 9.31. The van der Waals surface area contributed by atoms with Crippen molar-refractivity contribution in [1.82, 2.24) is 10.4 Å². The van der Waals surface area contributed by atoms with Crippen molar-refractivity contribution in [3.63, 3.8) is 0 Å². The zero-order valence-corrected chi connectivity index (χ0v) is 17.1. The van der Waals surface area contributed by atoms with Crippen LogP contribution < -0.4 is 5.32 Å². The van der Waals surface area contributed by atoms with Crippen molar-refractivity contribution in [2.75, 3.05) is 19.8 Å². The molecule has 160 valence electrons. The summed E-state index contributed by atoms with van der Waals surface area (Å²) in [7, 11) is 0. The van der Waals surface area contributed by atoms with Gasteiger partial charge in [-0.2, -0.15) is 5.06 Å². The van der Waals surface area contributed by atoms with Crippen molar-refractivity contribution in [2.45, 2.75) is 40.0 Å². The second-order valence-electron chi connectivity index (χ2n) is 6.74. The minimum atomic E-state index is -0.822. The number of amides is 1. The number of benzene rings is 1. The molecule has 0 aliphatic carbocycles. The average Bonchev–Trinajstić information content (AvgIpc) is 2.64. The lowest BCUT2D eigenvalue weighted by atomic mass is 10.2. The van der Waals surface area contributed by atoms with E-state index >= 15 is 0 Å². The number of hydroxylamine groups is 2. The fourth-order valence-corrected chi connectivity index (χ4v) is 2.22. The highest BCUT2D eigenvalue weighted by atomic mass is 16.7. The van der Waals surface area contributed by atoms with Crippen molar-refractivity contribution in [2.24, 2.45) is 5.92 Å². The van der Waals surface area contributed by atoms with Crippen LogP contribution in [0.15, 0.2) is 30.3 Å². The van der Waals surface area contributed by atoms with E-state index in [1.807, 2.05) is 44.2 Å². The van der Waals surface area contributed by atoms with Gasteiger partial charge in [-0.1, -0.05) is 44.2 Å². The largest absolute Gasteiger partial charge is 0.465 e. The molecule has 9 heteroatoms. The Kier molecular flexibility index (Phi) is 10.8. The molecule has 1 amide bonds. The van der Waals surface area contributed by atoms with E-state index in [0.717, 1.165) is 10.6 Å². The lowest BCUT2D eigenvalue weighted by Crippen LogP contribution is -2.45. The zero-order chi connectivity index (χ0) is 21.6. The van der Waals surface area contributed by atoms with Crippen molar-refractivity contribution in [3.8, 4) is 0 Å². The molecule has 0 fully saturated rings. The minimum absolute atomic E-state index is 0.104. The van der Waals surface area contributed by atoms with E-state index in [0.29, 0.717) is 12.8 Å². The maximum Gasteiger partial charge on any atom is 0.414 e. The SMILES string of the molecule is CC(=O)ON(CC(C)C)C(=N)NC(=O)OCCCCOC(=O)Cc1ccccc1. The second-order valence-corrected chi connectivity index (χ2v) is 6.74. The molecule has 0 aliphatic heterocycles. The Morgan fingerprint density at radius 2 is 1.69 bits per heavy atom. The fourth-order valence-electron chi connectivity index (χ4n) is 2.22. The quantitative estimate of drug-likeness (QED) is 0.212. The number of hydrogen-bond acceptors (Lipinski definition) is 7. The van der Waals surface area contributed by atoms with Crippen molar-refractivity contribution < 1.29 is 28.7 Å². The molecule has 2 N–H and O–H groups in total.